The number of anilines is 1. The molecular weight excluding hydrogens is 416 g/mol. The third-order valence-electron chi connectivity index (χ3n) is 5.02. The zero-order valence-corrected chi connectivity index (χ0v) is 18.7. The quantitative estimate of drug-likeness (QED) is 0.569. The second-order valence-electron chi connectivity index (χ2n) is 7.33. The molecule has 7 nitrogen and oxygen atoms in total. The number of amides is 2. The Bertz CT molecular complexity index is 1080. The molecule has 162 valence electrons. The molecule has 2 N–H and O–H groups in total. The third kappa shape index (κ3) is 5.64. The predicted octanol–water partition coefficient (Wildman–Crippen LogP) is 4.93. The maximum absolute atomic E-state index is 12.7. The van der Waals surface area contributed by atoms with Gasteiger partial charge in [0.05, 0.1) is 11.7 Å². The van der Waals surface area contributed by atoms with E-state index in [1.807, 2.05) is 32.9 Å². The molecule has 2 amide bonds. The highest BCUT2D eigenvalue weighted by Crippen LogP contribution is 2.18. The number of nitrogens with zero attached hydrogens (tertiary/aromatic N) is 2. The number of nitrogens with one attached hydrogen (secondary N) is 2. The highest BCUT2D eigenvalue weighted by Gasteiger charge is 2.19. The average Bonchev–Trinajstić information content (AvgIpc) is 2.99. The van der Waals surface area contributed by atoms with Crippen molar-refractivity contribution in [3.8, 4) is 0 Å². The number of ether oxygens (including phenoxy) is 1. The summed E-state index contributed by atoms with van der Waals surface area (Å²) in [6.07, 6.45) is -0.550. The number of aromatic nitrogens is 2. The molecular formula is C23H25ClN4O3. The summed E-state index contributed by atoms with van der Waals surface area (Å²) in [4.78, 5) is 24.7. The first-order chi connectivity index (χ1) is 14.7. The van der Waals surface area contributed by atoms with E-state index in [-0.39, 0.29) is 18.6 Å². The van der Waals surface area contributed by atoms with E-state index >= 15 is 0 Å². The zero-order chi connectivity index (χ0) is 22.5. The van der Waals surface area contributed by atoms with E-state index in [1.165, 1.54) is 0 Å². The van der Waals surface area contributed by atoms with Crippen LogP contribution in [-0.2, 0) is 18.4 Å². The van der Waals surface area contributed by atoms with Crippen LogP contribution >= 0.6 is 11.6 Å². The van der Waals surface area contributed by atoms with Crippen LogP contribution < -0.4 is 10.6 Å². The molecule has 0 aliphatic heterocycles. The minimum Gasteiger partial charge on any atom is -0.444 e. The Labute approximate surface area is 186 Å². The molecule has 3 rings (SSSR count). The highest BCUT2D eigenvalue weighted by atomic mass is 35.5. The summed E-state index contributed by atoms with van der Waals surface area (Å²) < 4.78 is 6.81. The van der Waals surface area contributed by atoms with Crippen LogP contribution in [0.4, 0.5) is 10.5 Å². The predicted molar refractivity (Wildman–Crippen MR) is 120 cm³/mol. The Balaban J connectivity index is 1.54. The van der Waals surface area contributed by atoms with Crippen molar-refractivity contribution >= 4 is 29.3 Å². The van der Waals surface area contributed by atoms with Crippen LogP contribution in [0.15, 0.2) is 48.5 Å². The number of hydrogen-bond donors (Lipinski definition) is 2. The van der Waals surface area contributed by atoms with Crippen molar-refractivity contribution in [1.82, 2.24) is 15.1 Å². The zero-order valence-electron chi connectivity index (χ0n) is 17.9. The largest absolute Gasteiger partial charge is 0.444 e. The smallest absolute Gasteiger partial charge is 0.411 e. The number of carbonyl (C=O) groups is 2. The SMILES string of the molecule is Cc1nn(C)c(C(=O)N[C@@H](C)c2ccc(NC(=O)OCc3ccc(Cl)cc3)cc2)c1C. The van der Waals surface area contributed by atoms with Gasteiger partial charge >= 0.3 is 6.09 Å². The lowest BCUT2D eigenvalue weighted by Gasteiger charge is -2.15. The summed E-state index contributed by atoms with van der Waals surface area (Å²) in [5.41, 5.74) is 4.60. The van der Waals surface area contributed by atoms with Gasteiger partial charge in [-0.3, -0.25) is 14.8 Å². The Morgan fingerprint density at radius 3 is 2.32 bits per heavy atom. The molecule has 1 atom stereocenters. The lowest BCUT2D eigenvalue weighted by molar-refractivity contribution is 0.0929. The first-order valence-electron chi connectivity index (χ1n) is 9.84. The van der Waals surface area contributed by atoms with Gasteiger partial charge in [0.25, 0.3) is 5.91 Å². The van der Waals surface area contributed by atoms with E-state index in [0.29, 0.717) is 16.4 Å². The van der Waals surface area contributed by atoms with Gasteiger partial charge in [-0.15, -0.1) is 0 Å². The van der Waals surface area contributed by atoms with Gasteiger partial charge < -0.3 is 10.1 Å². The van der Waals surface area contributed by atoms with Gasteiger partial charge in [0.2, 0.25) is 0 Å². The van der Waals surface area contributed by atoms with Crippen molar-refractivity contribution in [2.75, 3.05) is 5.32 Å². The molecule has 0 unspecified atom stereocenters. The molecule has 0 saturated heterocycles. The monoisotopic (exact) mass is 440 g/mol. The van der Waals surface area contributed by atoms with Crippen molar-refractivity contribution in [2.45, 2.75) is 33.4 Å². The number of halogens is 1. The molecule has 8 heteroatoms. The molecule has 0 saturated carbocycles. The van der Waals surface area contributed by atoms with E-state index in [4.69, 9.17) is 16.3 Å². The molecule has 0 aliphatic rings. The van der Waals surface area contributed by atoms with Gasteiger partial charge in [0.15, 0.2) is 0 Å². The summed E-state index contributed by atoms with van der Waals surface area (Å²) >= 11 is 5.84. The van der Waals surface area contributed by atoms with Crippen LogP contribution in [-0.4, -0.2) is 21.8 Å². The molecule has 1 heterocycles. The van der Waals surface area contributed by atoms with Gasteiger partial charge in [-0.1, -0.05) is 35.9 Å². The normalized spacial score (nSPS) is 11.6. The van der Waals surface area contributed by atoms with E-state index in [1.54, 1.807) is 48.1 Å². The maximum Gasteiger partial charge on any atom is 0.411 e. The van der Waals surface area contributed by atoms with Crippen LogP contribution in [0, 0.1) is 13.8 Å². The molecule has 0 bridgehead atoms. The van der Waals surface area contributed by atoms with E-state index in [0.717, 1.165) is 22.4 Å². The molecule has 3 aromatic rings. The van der Waals surface area contributed by atoms with Crippen LogP contribution in [0.1, 0.15) is 45.8 Å². The van der Waals surface area contributed by atoms with Crippen LogP contribution in [0.2, 0.25) is 5.02 Å². The molecule has 31 heavy (non-hydrogen) atoms. The van der Waals surface area contributed by atoms with Crippen LogP contribution in [0.5, 0.6) is 0 Å². The average molecular weight is 441 g/mol. The second-order valence-corrected chi connectivity index (χ2v) is 7.76. The summed E-state index contributed by atoms with van der Waals surface area (Å²) in [7, 11) is 1.76. The molecule has 0 radical (unpaired) electrons. The van der Waals surface area contributed by atoms with E-state index in [2.05, 4.69) is 15.7 Å². The highest BCUT2D eigenvalue weighted by molar-refractivity contribution is 6.30. The Morgan fingerprint density at radius 1 is 1.10 bits per heavy atom. The topological polar surface area (TPSA) is 85.3 Å². The second kappa shape index (κ2) is 9.66. The molecule has 1 aromatic heterocycles. The number of carbonyl (C=O) groups excluding carboxylic acids is 2. The van der Waals surface area contributed by atoms with E-state index in [9.17, 15) is 9.59 Å². The van der Waals surface area contributed by atoms with Gasteiger partial charge in [-0.05, 0) is 56.2 Å². The summed E-state index contributed by atoms with van der Waals surface area (Å²) in [6.45, 7) is 5.81. The van der Waals surface area contributed by atoms with Gasteiger partial charge in [0, 0.05) is 23.3 Å². The Kier molecular flexibility index (Phi) is 6.97. The van der Waals surface area contributed by atoms with Crippen LogP contribution in [0.25, 0.3) is 0 Å². The molecule has 0 fully saturated rings. The molecule has 0 spiro atoms. The number of hydrogen-bond acceptors (Lipinski definition) is 4. The summed E-state index contributed by atoms with van der Waals surface area (Å²) in [5.74, 6) is -0.180. The van der Waals surface area contributed by atoms with Gasteiger partial charge in [-0.25, -0.2) is 4.79 Å². The Hall–Kier alpha value is -3.32. The minimum absolute atomic E-state index is 0.150. The van der Waals surface area contributed by atoms with Crippen molar-refractivity contribution in [2.24, 2.45) is 7.05 Å². The van der Waals surface area contributed by atoms with Gasteiger partial charge in [-0.2, -0.15) is 5.10 Å². The maximum atomic E-state index is 12.7. The first kappa shape index (κ1) is 22.4. The fraction of sp³-hybridized carbons (Fsp3) is 0.261. The lowest BCUT2D eigenvalue weighted by Crippen LogP contribution is -2.29. The fourth-order valence-corrected chi connectivity index (χ4v) is 3.29. The minimum atomic E-state index is -0.550. The summed E-state index contributed by atoms with van der Waals surface area (Å²) in [6, 6.07) is 14.1. The van der Waals surface area contributed by atoms with Crippen molar-refractivity contribution in [1.29, 1.82) is 0 Å². The van der Waals surface area contributed by atoms with Crippen LogP contribution in [0.3, 0.4) is 0 Å². The fourth-order valence-electron chi connectivity index (χ4n) is 3.17. The number of benzene rings is 2. The van der Waals surface area contributed by atoms with Crippen molar-refractivity contribution < 1.29 is 14.3 Å². The van der Waals surface area contributed by atoms with Gasteiger partial charge in [0.1, 0.15) is 12.3 Å². The van der Waals surface area contributed by atoms with E-state index < -0.39 is 6.09 Å². The third-order valence-corrected chi connectivity index (χ3v) is 5.28. The number of aryl methyl sites for hydroxylation is 2. The molecule has 0 aliphatic carbocycles. The van der Waals surface area contributed by atoms with Crippen molar-refractivity contribution in [3.63, 3.8) is 0 Å². The molecule has 2 aromatic carbocycles. The summed E-state index contributed by atoms with van der Waals surface area (Å²) in [5, 5.41) is 10.6. The van der Waals surface area contributed by atoms with Crippen molar-refractivity contribution in [3.05, 3.63) is 81.6 Å². The lowest BCUT2D eigenvalue weighted by atomic mass is 10.1. The first-order valence-corrected chi connectivity index (χ1v) is 10.2. The number of rotatable bonds is 6. The standard InChI is InChI=1S/C23H25ClN4O3/c1-14-15(2)27-28(4)21(14)22(29)25-16(3)18-7-11-20(12-8-18)26-23(30)31-13-17-5-9-19(24)10-6-17/h5-12,16H,13H2,1-4H3,(H,25,29)(H,26,30)/t16-/m0/s1. The Morgan fingerprint density at radius 2 is 1.74 bits per heavy atom.